The first kappa shape index (κ1) is 16.7. The molecule has 2 aromatic rings. The third-order valence-corrected chi connectivity index (χ3v) is 2.76. The van der Waals surface area contributed by atoms with Crippen LogP contribution in [0.4, 0.5) is 5.82 Å². The van der Waals surface area contributed by atoms with Gasteiger partial charge < -0.3 is 15.8 Å². The molecule has 0 fully saturated rings. The predicted octanol–water partition coefficient (Wildman–Crippen LogP) is 3.89. The molecule has 21 heavy (non-hydrogen) atoms. The second-order valence-corrected chi connectivity index (χ2v) is 4.22. The third-order valence-electron chi connectivity index (χ3n) is 2.76. The van der Waals surface area contributed by atoms with Gasteiger partial charge in [-0.05, 0) is 18.6 Å². The van der Waals surface area contributed by atoms with Gasteiger partial charge in [0, 0.05) is 11.1 Å². The quantitative estimate of drug-likeness (QED) is 0.729. The largest absolute Gasteiger partial charge is 0.387 e. The van der Waals surface area contributed by atoms with Crippen molar-refractivity contribution in [2.75, 3.05) is 5.73 Å². The molecule has 0 aromatic carbocycles. The van der Waals surface area contributed by atoms with Crippen molar-refractivity contribution in [2.24, 2.45) is 0 Å². The maximum Gasteiger partial charge on any atom is 0.124 e. The van der Waals surface area contributed by atoms with E-state index < -0.39 is 6.10 Å². The number of pyridine rings is 1. The van der Waals surface area contributed by atoms with Crippen LogP contribution < -0.4 is 5.73 Å². The van der Waals surface area contributed by atoms with E-state index in [9.17, 15) is 5.11 Å². The number of H-pyrrole nitrogens is 1. The number of hydrogen-bond acceptors (Lipinski definition) is 3. The lowest BCUT2D eigenvalue weighted by Gasteiger charge is -2.04. The number of anilines is 1. The molecule has 2 rings (SSSR count). The van der Waals surface area contributed by atoms with Crippen LogP contribution in [0.1, 0.15) is 32.1 Å². The number of nitrogen functional groups attached to an aromatic ring is 1. The fourth-order valence-corrected chi connectivity index (χ4v) is 1.81. The molecular formula is C17H23N3O. The molecule has 0 radical (unpaired) electrons. The first-order chi connectivity index (χ1) is 10.2. The Labute approximate surface area is 125 Å². The number of nitrogens with one attached hydrogen (secondary N) is 1. The van der Waals surface area contributed by atoms with Gasteiger partial charge in [0.15, 0.2) is 0 Å². The lowest BCUT2D eigenvalue weighted by atomic mass is 10.1. The Kier molecular flexibility index (Phi) is 6.98. The molecule has 0 spiro atoms. The van der Waals surface area contributed by atoms with Gasteiger partial charge in [-0.15, -0.1) is 0 Å². The Morgan fingerprint density at radius 3 is 2.81 bits per heavy atom. The molecule has 4 N–H and O–H groups in total. The number of hydrogen-bond donors (Lipinski definition) is 3. The van der Waals surface area contributed by atoms with Crippen molar-refractivity contribution in [3.63, 3.8) is 0 Å². The average Bonchev–Trinajstić information content (AvgIpc) is 2.92. The fourth-order valence-electron chi connectivity index (χ4n) is 1.81. The molecule has 4 nitrogen and oxygen atoms in total. The molecule has 0 aliphatic heterocycles. The highest BCUT2D eigenvalue weighted by Crippen LogP contribution is 2.22. The van der Waals surface area contributed by atoms with E-state index in [0.717, 1.165) is 16.6 Å². The number of aliphatic hydroxyl groups excluding tert-OH is 1. The van der Waals surface area contributed by atoms with E-state index in [1.54, 1.807) is 18.3 Å². The van der Waals surface area contributed by atoms with Crippen LogP contribution in [0.15, 0.2) is 55.3 Å². The van der Waals surface area contributed by atoms with Crippen LogP contribution in [-0.4, -0.2) is 15.1 Å². The van der Waals surface area contributed by atoms with Crippen molar-refractivity contribution in [3.05, 3.63) is 61.0 Å². The van der Waals surface area contributed by atoms with Crippen LogP contribution >= 0.6 is 0 Å². The number of rotatable bonds is 5. The van der Waals surface area contributed by atoms with Crippen LogP contribution in [0.2, 0.25) is 0 Å². The lowest BCUT2D eigenvalue weighted by molar-refractivity contribution is 0.177. The number of aromatic amines is 1. The highest BCUT2D eigenvalue weighted by molar-refractivity contribution is 5.81. The Morgan fingerprint density at radius 1 is 1.33 bits per heavy atom. The molecule has 0 aliphatic carbocycles. The molecule has 0 bridgehead atoms. The van der Waals surface area contributed by atoms with Gasteiger partial charge in [0.05, 0.1) is 17.8 Å². The van der Waals surface area contributed by atoms with Gasteiger partial charge in [0.2, 0.25) is 0 Å². The van der Waals surface area contributed by atoms with Crippen molar-refractivity contribution >= 4 is 16.7 Å². The summed E-state index contributed by atoms with van der Waals surface area (Å²) >= 11 is 0. The SMILES string of the molecule is C=C/C=C\C=C/CC(O)c1cc2cc(N)ncc2[nH]1.CC. The summed E-state index contributed by atoms with van der Waals surface area (Å²) < 4.78 is 0. The van der Waals surface area contributed by atoms with Crippen LogP contribution in [0.5, 0.6) is 0 Å². The minimum absolute atomic E-state index is 0.474. The maximum atomic E-state index is 10.1. The Bertz CT molecular complexity index is 626. The summed E-state index contributed by atoms with van der Waals surface area (Å²) in [6.07, 6.45) is 10.8. The second kappa shape index (κ2) is 8.76. The van der Waals surface area contributed by atoms with E-state index in [4.69, 9.17) is 5.73 Å². The minimum atomic E-state index is -0.568. The second-order valence-electron chi connectivity index (χ2n) is 4.22. The zero-order valence-corrected chi connectivity index (χ0v) is 12.6. The Hall–Kier alpha value is -2.33. The average molecular weight is 285 g/mol. The van der Waals surface area contributed by atoms with Gasteiger partial charge in [0.1, 0.15) is 5.82 Å². The molecule has 0 amide bonds. The van der Waals surface area contributed by atoms with Gasteiger partial charge in [-0.2, -0.15) is 0 Å². The van der Waals surface area contributed by atoms with E-state index in [1.165, 1.54) is 0 Å². The zero-order chi connectivity index (χ0) is 15.7. The molecule has 2 heterocycles. The summed E-state index contributed by atoms with van der Waals surface area (Å²) in [5.41, 5.74) is 7.26. The van der Waals surface area contributed by atoms with Crippen LogP contribution in [0.3, 0.4) is 0 Å². The highest BCUT2D eigenvalue weighted by Gasteiger charge is 2.09. The highest BCUT2D eigenvalue weighted by atomic mass is 16.3. The van der Waals surface area contributed by atoms with Gasteiger partial charge in [0.25, 0.3) is 0 Å². The molecule has 1 unspecified atom stereocenters. The summed E-state index contributed by atoms with van der Waals surface area (Å²) in [6, 6.07) is 3.68. The Balaban J connectivity index is 0.00000106. The van der Waals surface area contributed by atoms with Gasteiger partial charge in [-0.3, -0.25) is 0 Å². The Morgan fingerprint density at radius 2 is 2.10 bits per heavy atom. The topological polar surface area (TPSA) is 74.9 Å². The van der Waals surface area contributed by atoms with Crippen molar-refractivity contribution in [1.29, 1.82) is 0 Å². The first-order valence-corrected chi connectivity index (χ1v) is 7.07. The number of nitrogens with two attached hydrogens (primary N) is 1. The van der Waals surface area contributed by atoms with E-state index >= 15 is 0 Å². The fraction of sp³-hybridized carbons (Fsp3) is 0.235. The summed E-state index contributed by atoms with van der Waals surface area (Å²) in [6.45, 7) is 7.58. The molecule has 4 heteroatoms. The van der Waals surface area contributed by atoms with Crippen molar-refractivity contribution in [3.8, 4) is 0 Å². The lowest BCUT2D eigenvalue weighted by Crippen LogP contribution is -1.95. The number of fused-ring (bicyclic) bond motifs is 1. The van der Waals surface area contributed by atoms with Crippen LogP contribution in [0.25, 0.3) is 10.9 Å². The van der Waals surface area contributed by atoms with E-state index in [2.05, 4.69) is 16.5 Å². The predicted molar refractivity (Wildman–Crippen MR) is 89.9 cm³/mol. The molecule has 112 valence electrons. The number of aromatic nitrogens is 2. The van der Waals surface area contributed by atoms with Gasteiger partial charge >= 0.3 is 0 Å². The summed E-state index contributed by atoms with van der Waals surface area (Å²) in [5, 5.41) is 11.0. The van der Waals surface area contributed by atoms with E-state index in [1.807, 2.05) is 44.2 Å². The van der Waals surface area contributed by atoms with Crippen molar-refractivity contribution < 1.29 is 5.11 Å². The van der Waals surface area contributed by atoms with Crippen LogP contribution in [-0.2, 0) is 0 Å². The molecule has 0 saturated heterocycles. The normalized spacial score (nSPS) is 12.5. The molecular weight excluding hydrogens is 262 g/mol. The molecule has 2 aromatic heterocycles. The molecule has 0 aliphatic rings. The zero-order valence-electron chi connectivity index (χ0n) is 12.6. The monoisotopic (exact) mass is 285 g/mol. The van der Waals surface area contributed by atoms with E-state index in [-0.39, 0.29) is 0 Å². The molecule has 0 saturated carbocycles. The first-order valence-electron chi connectivity index (χ1n) is 7.07. The minimum Gasteiger partial charge on any atom is -0.387 e. The number of aliphatic hydroxyl groups is 1. The van der Waals surface area contributed by atoms with E-state index in [0.29, 0.717) is 12.2 Å². The number of allylic oxidation sites excluding steroid dienone is 4. The summed E-state index contributed by atoms with van der Waals surface area (Å²) in [4.78, 5) is 7.15. The number of nitrogens with zero attached hydrogens (tertiary/aromatic N) is 1. The summed E-state index contributed by atoms with van der Waals surface area (Å²) in [5.74, 6) is 0.474. The molecule has 1 atom stereocenters. The van der Waals surface area contributed by atoms with Crippen LogP contribution in [0, 0.1) is 0 Å². The summed E-state index contributed by atoms with van der Waals surface area (Å²) in [7, 11) is 0. The van der Waals surface area contributed by atoms with Gasteiger partial charge in [-0.25, -0.2) is 4.98 Å². The van der Waals surface area contributed by atoms with Gasteiger partial charge in [-0.1, -0.05) is 50.8 Å². The van der Waals surface area contributed by atoms with Crippen molar-refractivity contribution in [1.82, 2.24) is 9.97 Å². The van der Waals surface area contributed by atoms with Crippen molar-refractivity contribution in [2.45, 2.75) is 26.4 Å². The smallest absolute Gasteiger partial charge is 0.124 e. The third kappa shape index (κ3) is 4.93. The standard InChI is InChI=1S/C15H17N3O.C2H6/c1-2-3-4-5-6-7-14(19)12-8-11-9-15(16)17-10-13(11)18-12;1-2/h2-6,8-10,14,18-19H,1,7H2,(H2,16,17);1-2H3/b4-3-,6-5-;. The maximum absolute atomic E-state index is 10.1.